The molecule has 108 valence electrons. The highest BCUT2D eigenvalue weighted by molar-refractivity contribution is 7.19. The van der Waals surface area contributed by atoms with Crippen LogP contribution in [0.4, 0.5) is 10.1 Å². The summed E-state index contributed by atoms with van der Waals surface area (Å²) in [6.07, 6.45) is 4.68. The monoisotopic (exact) mass is 303 g/mol. The fourth-order valence-corrected chi connectivity index (χ4v) is 3.85. The van der Waals surface area contributed by atoms with E-state index in [1.807, 2.05) is 0 Å². The molecule has 1 aromatic carbocycles. The summed E-state index contributed by atoms with van der Waals surface area (Å²) in [4.78, 5) is 0.689. The van der Waals surface area contributed by atoms with Crippen LogP contribution in [0.2, 0.25) is 0 Å². The molecule has 7 heteroatoms. The number of nitrogens with two attached hydrogens (primary N) is 1. The van der Waals surface area contributed by atoms with E-state index in [4.69, 9.17) is 5.73 Å². The van der Waals surface area contributed by atoms with Crippen LogP contribution in [0.15, 0.2) is 18.2 Å². The molecule has 3 aromatic rings. The van der Waals surface area contributed by atoms with Gasteiger partial charge in [-0.3, -0.25) is 0 Å². The zero-order valence-electron chi connectivity index (χ0n) is 11.3. The Morgan fingerprint density at radius 3 is 2.81 bits per heavy atom. The van der Waals surface area contributed by atoms with E-state index in [1.54, 1.807) is 16.6 Å². The van der Waals surface area contributed by atoms with Gasteiger partial charge in [0.1, 0.15) is 5.82 Å². The molecule has 0 unspecified atom stereocenters. The van der Waals surface area contributed by atoms with Crippen LogP contribution >= 0.6 is 11.3 Å². The van der Waals surface area contributed by atoms with E-state index in [1.165, 1.54) is 30.2 Å². The first-order chi connectivity index (χ1) is 10.2. The average molecular weight is 303 g/mol. The van der Waals surface area contributed by atoms with Crippen molar-refractivity contribution in [3.05, 3.63) is 29.8 Å². The number of nitrogens with zero attached hydrogens (tertiary/aromatic N) is 4. The van der Waals surface area contributed by atoms with Gasteiger partial charge >= 0.3 is 0 Å². The van der Waals surface area contributed by atoms with Crippen molar-refractivity contribution in [3.63, 3.8) is 0 Å². The van der Waals surface area contributed by atoms with Gasteiger partial charge in [-0.25, -0.2) is 4.39 Å². The molecule has 0 saturated heterocycles. The van der Waals surface area contributed by atoms with Crippen molar-refractivity contribution in [3.8, 4) is 10.6 Å². The molecule has 2 aromatic heterocycles. The Hall–Kier alpha value is -2.02. The summed E-state index contributed by atoms with van der Waals surface area (Å²) in [6, 6.07) is 4.67. The Morgan fingerprint density at radius 2 is 2.05 bits per heavy atom. The van der Waals surface area contributed by atoms with Crippen molar-refractivity contribution in [2.24, 2.45) is 0 Å². The molecule has 0 amide bonds. The number of nitrogen functional groups attached to an aromatic ring is 1. The van der Waals surface area contributed by atoms with E-state index in [9.17, 15) is 4.39 Å². The van der Waals surface area contributed by atoms with Crippen LogP contribution in [-0.2, 0) is 0 Å². The smallest absolute Gasteiger partial charge is 0.234 e. The lowest BCUT2D eigenvalue weighted by molar-refractivity contribution is 0.629. The van der Waals surface area contributed by atoms with Crippen LogP contribution in [-0.4, -0.2) is 19.8 Å². The van der Waals surface area contributed by atoms with E-state index in [2.05, 4.69) is 15.3 Å². The molecule has 1 aliphatic carbocycles. The van der Waals surface area contributed by atoms with Gasteiger partial charge < -0.3 is 5.73 Å². The lowest BCUT2D eigenvalue weighted by Crippen LogP contribution is -2.01. The fourth-order valence-electron chi connectivity index (χ4n) is 2.94. The Kier molecular flexibility index (Phi) is 2.88. The lowest BCUT2D eigenvalue weighted by Gasteiger charge is -2.04. The van der Waals surface area contributed by atoms with Gasteiger partial charge in [0.2, 0.25) is 4.96 Å². The topological polar surface area (TPSA) is 69.1 Å². The van der Waals surface area contributed by atoms with Crippen LogP contribution in [0.25, 0.3) is 15.5 Å². The van der Waals surface area contributed by atoms with E-state index >= 15 is 0 Å². The number of hydrogen-bond donors (Lipinski definition) is 1. The number of fused-ring (bicyclic) bond motifs is 1. The number of hydrogen-bond acceptors (Lipinski definition) is 5. The second-order valence-corrected chi connectivity index (χ2v) is 6.30. The molecule has 0 spiro atoms. The Morgan fingerprint density at radius 1 is 1.24 bits per heavy atom. The number of anilines is 1. The number of rotatable bonds is 2. The minimum absolute atomic E-state index is 0.352. The molecule has 0 aliphatic heterocycles. The van der Waals surface area contributed by atoms with Crippen LogP contribution in [0.3, 0.4) is 0 Å². The Bertz CT molecular complexity index is 783. The molecular formula is C14H14FN5S. The Labute approximate surface area is 124 Å². The maximum atomic E-state index is 14.0. The molecule has 21 heavy (non-hydrogen) atoms. The van der Waals surface area contributed by atoms with Gasteiger partial charge in [-0.2, -0.15) is 9.61 Å². The molecule has 5 nitrogen and oxygen atoms in total. The summed E-state index contributed by atoms with van der Waals surface area (Å²) in [5.74, 6) is 0.940. The minimum Gasteiger partial charge on any atom is -0.398 e. The first-order valence-corrected chi connectivity index (χ1v) is 7.82. The van der Waals surface area contributed by atoms with Crippen molar-refractivity contribution in [2.45, 2.75) is 31.6 Å². The van der Waals surface area contributed by atoms with Crippen molar-refractivity contribution in [1.82, 2.24) is 19.8 Å². The second-order valence-electron chi connectivity index (χ2n) is 5.35. The Balaban J connectivity index is 1.84. The van der Waals surface area contributed by atoms with Gasteiger partial charge in [0.15, 0.2) is 10.8 Å². The third-order valence-corrected chi connectivity index (χ3v) is 4.91. The summed E-state index contributed by atoms with van der Waals surface area (Å²) < 4.78 is 15.8. The highest BCUT2D eigenvalue weighted by Crippen LogP contribution is 2.36. The van der Waals surface area contributed by atoms with E-state index in [0.717, 1.165) is 18.7 Å². The number of halogens is 1. The first kappa shape index (κ1) is 12.7. The summed E-state index contributed by atoms with van der Waals surface area (Å²) in [5, 5.41) is 13.5. The lowest BCUT2D eigenvalue weighted by atomic mass is 10.1. The van der Waals surface area contributed by atoms with Gasteiger partial charge in [0.25, 0.3) is 0 Å². The van der Waals surface area contributed by atoms with Gasteiger partial charge in [-0.15, -0.1) is 10.2 Å². The summed E-state index contributed by atoms with van der Waals surface area (Å²) in [5.41, 5.74) is 6.63. The van der Waals surface area contributed by atoms with Gasteiger partial charge in [-0.1, -0.05) is 30.2 Å². The van der Waals surface area contributed by atoms with Crippen molar-refractivity contribution in [1.29, 1.82) is 0 Å². The van der Waals surface area contributed by atoms with Crippen LogP contribution in [0.5, 0.6) is 0 Å². The normalized spacial score (nSPS) is 16.0. The van der Waals surface area contributed by atoms with Crippen molar-refractivity contribution < 1.29 is 4.39 Å². The summed E-state index contributed by atoms with van der Waals surface area (Å²) in [6.45, 7) is 0. The largest absolute Gasteiger partial charge is 0.398 e. The summed E-state index contributed by atoms with van der Waals surface area (Å²) in [7, 11) is 0. The highest BCUT2D eigenvalue weighted by atomic mass is 32.1. The predicted octanol–water partition coefficient (Wildman–Crippen LogP) is 3.23. The van der Waals surface area contributed by atoms with Crippen molar-refractivity contribution in [2.75, 3.05) is 5.73 Å². The zero-order valence-corrected chi connectivity index (χ0v) is 12.1. The van der Waals surface area contributed by atoms with Gasteiger partial charge in [-0.05, 0) is 25.0 Å². The van der Waals surface area contributed by atoms with E-state index in [0.29, 0.717) is 27.1 Å². The van der Waals surface area contributed by atoms with E-state index < -0.39 is 0 Å². The molecule has 2 heterocycles. The third-order valence-electron chi connectivity index (χ3n) is 4.00. The molecule has 0 atom stereocenters. The quantitative estimate of drug-likeness (QED) is 0.738. The molecule has 1 fully saturated rings. The third kappa shape index (κ3) is 1.99. The van der Waals surface area contributed by atoms with Gasteiger partial charge in [0.05, 0.1) is 5.56 Å². The molecule has 1 aliphatic rings. The minimum atomic E-state index is -0.359. The van der Waals surface area contributed by atoms with Crippen LogP contribution < -0.4 is 5.73 Å². The molecular weight excluding hydrogens is 289 g/mol. The van der Waals surface area contributed by atoms with Gasteiger partial charge in [0, 0.05) is 11.6 Å². The number of aromatic nitrogens is 4. The number of benzene rings is 1. The molecule has 0 bridgehead atoms. The maximum absolute atomic E-state index is 14.0. The first-order valence-electron chi connectivity index (χ1n) is 7.00. The predicted molar refractivity (Wildman–Crippen MR) is 79.7 cm³/mol. The maximum Gasteiger partial charge on any atom is 0.234 e. The molecule has 2 N–H and O–H groups in total. The van der Waals surface area contributed by atoms with Crippen molar-refractivity contribution >= 4 is 22.0 Å². The molecule has 1 saturated carbocycles. The molecule has 4 rings (SSSR count). The van der Waals surface area contributed by atoms with Crippen LogP contribution in [0, 0.1) is 5.82 Å². The second kappa shape index (κ2) is 4.77. The van der Waals surface area contributed by atoms with Crippen LogP contribution in [0.1, 0.15) is 37.4 Å². The molecule has 0 radical (unpaired) electrons. The van der Waals surface area contributed by atoms with E-state index in [-0.39, 0.29) is 5.82 Å². The summed E-state index contributed by atoms with van der Waals surface area (Å²) >= 11 is 1.32. The standard InChI is InChI=1S/C14H14FN5S/c15-9-6-3-7-10(16)11(9)13-19-20-12(8-4-1-2-5-8)17-18-14(20)21-13/h3,6-8H,1-2,4-5,16H2. The zero-order chi connectivity index (χ0) is 14.4. The highest BCUT2D eigenvalue weighted by Gasteiger charge is 2.25. The fraction of sp³-hybridized carbons (Fsp3) is 0.357. The SMILES string of the molecule is Nc1cccc(F)c1-c1nn2c(C3CCCC3)nnc2s1. The average Bonchev–Trinajstić information content (AvgIpc) is 3.13.